The van der Waals surface area contributed by atoms with Gasteiger partial charge in [0, 0.05) is 6.04 Å². The van der Waals surface area contributed by atoms with Crippen LogP contribution < -0.4 is 5.73 Å². The van der Waals surface area contributed by atoms with Gasteiger partial charge < -0.3 is 5.73 Å². The van der Waals surface area contributed by atoms with E-state index in [1.807, 2.05) is 19.1 Å². The third-order valence-corrected chi connectivity index (χ3v) is 4.90. The second-order valence-corrected chi connectivity index (χ2v) is 6.89. The zero-order valence-corrected chi connectivity index (χ0v) is 12.5. The first kappa shape index (κ1) is 14.5. The van der Waals surface area contributed by atoms with Gasteiger partial charge in [0.1, 0.15) is 5.82 Å². The molecule has 2 N–H and O–H groups in total. The Hall–Kier alpha value is -0.890. The lowest BCUT2D eigenvalue weighted by atomic mass is 9.63. The minimum absolute atomic E-state index is 0.0959. The SMILES string of the molecule is Cc1ccc(F)c(C(C)(C)C2CCC(C)CC2N)c1. The Bertz CT molecular complexity index is 453. The van der Waals surface area contributed by atoms with Crippen molar-refractivity contribution in [2.45, 2.75) is 58.4 Å². The molecule has 0 spiro atoms. The van der Waals surface area contributed by atoms with Crippen LogP contribution >= 0.6 is 0 Å². The molecule has 1 aromatic carbocycles. The third-order valence-electron chi connectivity index (χ3n) is 4.90. The van der Waals surface area contributed by atoms with Crippen LogP contribution in [0.1, 0.15) is 51.2 Å². The fourth-order valence-electron chi connectivity index (χ4n) is 3.65. The van der Waals surface area contributed by atoms with E-state index < -0.39 is 0 Å². The minimum Gasteiger partial charge on any atom is -0.327 e. The first-order valence-electron chi connectivity index (χ1n) is 7.34. The van der Waals surface area contributed by atoms with E-state index >= 15 is 0 Å². The summed E-state index contributed by atoms with van der Waals surface area (Å²) >= 11 is 0. The van der Waals surface area contributed by atoms with E-state index in [4.69, 9.17) is 5.73 Å². The van der Waals surface area contributed by atoms with Crippen molar-refractivity contribution < 1.29 is 4.39 Å². The standard InChI is InChI=1S/C17H26FN/c1-11-6-8-15(18)14(9-11)17(3,4)13-7-5-12(2)10-16(13)19/h6,8-9,12-13,16H,5,7,10,19H2,1-4H3. The molecule has 1 aliphatic rings. The quantitative estimate of drug-likeness (QED) is 0.851. The van der Waals surface area contributed by atoms with Crippen LogP contribution in [0.15, 0.2) is 18.2 Å². The topological polar surface area (TPSA) is 26.0 Å². The molecular formula is C17H26FN. The van der Waals surface area contributed by atoms with Crippen molar-refractivity contribution in [2.75, 3.05) is 0 Å². The van der Waals surface area contributed by atoms with Crippen LogP contribution in [0.25, 0.3) is 0 Å². The molecule has 1 aliphatic carbocycles. The maximum Gasteiger partial charge on any atom is 0.126 e. The molecule has 0 radical (unpaired) electrons. The number of benzene rings is 1. The Labute approximate surface area is 116 Å². The van der Waals surface area contributed by atoms with Crippen molar-refractivity contribution in [2.24, 2.45) is 17.6 Å². The summed E-state index contributed by atoms with van der Waals surface area (Å²) in [5.74, 6) is 0.964. The maximum absolute atomic E-state index is 14.2. The molecule has 0 aromatic heterocycles. The average molecular weight is 263 g/mol. The van der Waals surface area contributed by atoms with Crippen molar-refractivity contribution >= 4 is 0 Å². The molecule has 0 aliphatic heterocycles. The number of hydrogen-bond donors (Lipinski definition) is 1. The Kier molecular flexibility index (Phi) is 4.00. The van der Waals surface area contributed by atoms with Crippen molar-refractivity contribution in [3.05, 3.63) is 35.1 Å². The molecule has 2 rings (SSSR count). The van der Waals surface area contributed by atoms with Crippen LogP contribution in [-0.2, 0) is 5.41 Å². The van der Waals surface area contributed by atoms with E-state index in [0.717, 1.165) is 24.0 Å². The molecule has 0 bridgehead atoms. The van der Waals surface area contributed by atoms with Crippen LogP contribution in [-0.4, -0.2) is 6.04 Å². The van der Waals surface area contributed by atoms with Crippen molar-refractivity contribution in [3.8, 4) is 0 Å². The number of rotatable bonds is 2. The summed E-state index contributed by atoms with van der Waals surface area (Å²) < 4.78 is 14.2. The Morgan fingerprint density at radius 3 is 2.58 bits per heavy atom. The van der Waals surface area contributed by atoms with Crippen molar-refractivity contribution in [1.29, 1.82) is 0 Å². The highest BCUT2D eigenvalue weighted by Crippen LogP contribution is 2.42. The van der Waals surface area contributed by atoms with Gasteiger partial charge in [-0.05, 0) is 48.6 Å². The summed E-state index contributed by atoms with van der Waals surface area (Å²) in [5.41, 5.74) is 8.09. The first-order valence-corrected chi connectivity index (χ1v) is 7.34. The van der Waals surface area contributed by atoms with Gasteiger partial charge in [-0.25, -0.2) is 4.39 Å². The first-order chi connectivity index (χ1) is 8.82. The molecular weight excluding hydrogens is 237 g/mol. The van der Waals surface area contributed by atoms with Crippen molar-refractivity contribution in [3.63, 3.8) is 0 Å². The van der Waals surface area contributed by atoms with Crippen LogP contribution in [0.2, 0.25) is 0 Å². The van der Waals surface area contributed by atoms with Gasteiger partial charge in [0.2, 0.25) is 0 Å². The normalized spacial score (nSPS) is 28.4. The lowest BCUT2D eigenvalue weighted by Gasteiger charge is -2.43. The number of aryl methyl sites for hydroxylation is 1. The molecule has 3 unspecified atom stereocenters. The minimum atomic E-state index is -0.199. The Morgan fingerprint density at radius 1 is 1.26 bits per heavy atom. The van der Waals surface area contributed by atoms with E-state index in [-0.39, 0.29) is 17.3 Å². The summed E-state index contributed by atoms with van der Waals surface area (Å²) in [6, 6.07) is 5.58. The van der Waals surface area contributed by atoms with Gasteiger partial charge in [0.25, 0.3) is 0 Å². The molecule has 2 heteroatoms. The summed E-state index contributed by atoms with van der Waals surface area (Å²) in [7, 11) is 0. The second kappa shape index (κ2) is 5.24. The second-order valence-electron chi connectivity index (χ2n) is 6.89. The van der Waals surface area contributed by atoms with E-state index in [9.17, 15) is 4.39 Å². The molecule has 3 atom stereocenters. The molecule has 0 saturated heterocycles. The van der Waals surface area contributed by atoms with Crippen LogP contribution in [0.4, 0.5) is 4.39 Å². The Morgan fingerprint density at radius 2 is 1.95 bits per heavy atom. The summed E-state index contributed by atoms with van der Waals surface area (Å²) in [5, 5.41) is 0. The monoisotopic (exact) mass is 263 g/mol. The average Bonchev–Trinajstić information content (AvgIpc) is 2.31. The van der Waals surface area contributed by atoms with E-state index in [1.165, 1.54) is 6.42 Å². The molecule has 1 saturated carbocycles. The molecule has 0 amide bonds. The smallest absolute Gasteiger partial charge is 0.126 e. The molecule has 19 heavy (non-hydrogen) atoms. The summed E-state index contributed by atoms with van der Waals surface area (Å²) in [6.07, 6.45) is 3.36. The number of halogens is 1. The van der Waals surface area contributed by atoms with E-state index in [2.05, 4.69) is 20.8 Å². The fourth-order valence-corrected chi connectivity index (χ4v) is 3.65. The van der Waals surface area contributed by atoms with Gasteiger partial charge in [0.15, 0.2) is 0 Å². The highest BCUT2D eigenvalue weighted by atomic mass is 19.1. The molecule has 106 valence electrons. The van der Waals surface area contributed by atoms with Gasteiger partial charge in [-0.1, -0.05) is 44.9 Å². The van der Waals surface area contributed by atoms with Gasteiger partial charge in [-0.2, -0.15) is 0 Å². The highest BCUT2D eigenvalue weighted by Gasteiger charge is 2.39. The van der Waals surface area contributed by atoms with Crippen LogP contribution in [0.5, 0.6) is 0 Å². The zero-order chi connectivity index (χ0) is 14.2. The summed E-state index contributed by atoms with van der Waals surface area (Å²) in [4.78, 5) is 0. The van der Waals surface area contributed by atoms with Gasteiger partial charge in [0.05, 0.1) is 0 Å². The third kappa shape index (κ3) is 2.84. The largest absolute Gasteiger partial charge is 0.327 e. The maximum atomic E-state index is 14.2. The molecule has 0 heterocycles. The van der Waals surface area contributed by atoms with Gasteiger partial charge >= 0.3 is 0 Å². The lowest BCUT2D eigenvalue weighted by Crippen LogP contribution is -2.46. The van der Waals surface area contributed by atoms with E-state index in [0.29, 0.717) is 11.8 Å². The van der Waals surface area contributed by atoms with Crippen molar-refractivity contribution in [1.82, 2.24) is 0 Å². The zero-order valence-electron chi connectivity index (χ0n) is 12.5. The Balaban J connectivity index is 2.33. The fraction of sp³-hybridized carbons (Fsp3) is 0.647. The molecule has 1 aromatic rings. The van der Waals surface area contributed by atoms with E-state index in [1.54, 1.807) is 6.07 Å². The molecule has 1 nitrogen and oxygen atoms in total. The van der Waals surface area contributed by atoms with Gasteiger partial charge in [-0.15, -0.1) is 0 Å². The number of nitrogens with two attached hydrogens (primary N) is 1. The summed E-state index contributed by atoms with van der Waals surface area (Å²) in [6.45, 7) is 8.56. The van der Waals surface area contributed by atoms with Crippen LogP contribution in [0, 0.1) is 24.6 Å². The highest BCUT2D eigenvalue weighted by molar-refractivity contribution is 5.31. The number of hydrogen-bond acceptors (Lipinski definition) is 1. The molecule has 1 fully saturated rings. The van der Waals surface area contributed by atoms with Crippen LogP contribution in [0.3, 0.4) is 0 Å². The lowest BCUT2D eigenvalue weighted by molar-refractivity contribution is 0.168. The predicted molar refractivity (Wildman–Crippen MR) is 78.6 cm³/mol. The van der Waals surface area contributed by atoms with Gasteiger partial charge in [-0.3, -0.25) is 0 Å². The predicted octanol–water partition coefficient (Wildman–Crippen LogP) is 4.18.